The summed E-state index contributed by atoms with van der Waals surface area (Å²) in [5.74, 6) is -3.20. The maximum absolute atomic E-state index is 13.8. The number of carbonyl (C=O) groups excluding carboxylic acids is 5. The molecular formula is C43H57N3O9. The number of unbranched alkanes of at least 4 members (excludes halogenated alkanes) is 1. The van der Waals surface area contributed by atoms with E-state index in [0.717, 1.165) is 22.3 Å². The average Bonchev–Trinajstić information content (AvgIpc) is 3.39. The van der Waals surface area contributed by atoms with Gasteiger partial charge in [0.25, 0.3) is 0 Å². The van der Waals surface area contributed by atoms with E-state index < -0.39 is 47.0 Å². The van der Waals surface area contributed by atoms with Gasteiger partial charge in [-0.15, -0.1) is 0 Å². The first-order valence-corrected chi connectivity index (χ1v) is 19.2. The molecule has 0 heterocycles. The van der Waals surface area contributed by atoms with Crippen molar-refractivity contribution in [3.63, 3.8) is 0 Å². The van der Waals surface area contributed by atoms with Crippen molar-refractivity contribution >= 4 is 35.5 Å². The van der Waals surface area contributed by atoms with E-state index in [2.05, 4.69) is 28.1 Å². The van der Waals surface area contributed by atoms with Gasteiger partial charge in [-0.2, -0.15) is 0 Å². The molecule has 12 nitrogen and oxygen atoms in total. The summed E-state index contributed by atoms with van der Waals surface area (Å²) in [4.78, 5) is 77.8. The maximum Gasteiger partial charge on any atom is 0.407 e. The minimum Gasteiger partial charge on any atom is -0.480 e. The Morgan fingerprint density at radius 2 is 1.44 bits per heavy atom. The minimum atomic E-state index is -1.39. The van der Waals surface area contributed by atoms with Gasteiger partial charge in [-0.3, -0.25) is 19.2 Å². The Hall–Kier alpha value is -5.00. The minimum absolute atomic E-state index is 0.0243. The van der Waals surface area contributed by atoms with Crippen molar-refractivity contribution in [2.24, 2.45) is 11.3 Å². The van der Waals surface area contributed by atoms with Crippen LogP contribution in [0.3, 0.4) is 0 Å². The Morgan fingerprint density at radius 3 is 1.98 bits per heavy atom. The van der Waals surface area contributed by atoms with E-state index in [-0.39, 0.29) is 74.2 Å². The number of nitrogens with one attached hydrogen (secondary N) is 3. The van der Waals surface area contributed by atoms with Crippen LogP contribution in [0.2, 0.25) is 0 Å². The predicted molar refractivity (Wildman–Crippen MR) is 208 cm³/mol. The standard InChI is InChI=1S/C43H57N3O9/c1-26(2)22-34(38-35(47)23-43(6,7)24-36(38)48)45-32(39(50)46-33(40(51)52)19-20-37(49)55-42(3,4)5)18-12-13-21-44-41(53)54-25-31-29-16-10-8-14-27(29)28-15-9-11-17-30(28)31/h8-11,14-17,26,31-33,45H,12-13,18-25H2,1-7H3,(H,44,53)(H,46,50)(H,51,52)/t32-,33-/m0/s1. The molecule has 0 aromatic heterocycles. The fourth-order valence-electron chi connectivity index (χ4n) is 7.22. The van der Waals surface area contributed by atoms with Crippen LogP contribution < -0.4 is 16.0 Å². The molecule has 2 aliphatic carbocycles. The van der Waals surface area contributed by atoms with Gasteiger partial charge in [-0.1, -0.05) is 76.2 Å². The number of Topliss-reactive ketones (excluding diaryl/α,β-unsaturated/α-hetero) is 2. The Bertz CT molecular complexity index is 1720. The lowest BCUT2D eigenvalue weighted by atomic mass is 9.73. The molecule has 0 saturated heterocycles. The van der Waals surface area contributed by atoms with Crippen molar-refractivity contribution in [2.75, 3.05) is 13.2 Å². The van der Waals surface area contributed by atoms with Gasteiger partial charge in [-0.05, 0) is 86.5 Å². The normalized spacial score (nSPS) is 16.1. The van der Waals surface area contributed by atoms with Crippen molar-refractivity contribution in [3.05, 3.63) is 70.9 Å². The number of esters is 1. The third-order valence-corrected chi connectivity index (χ3v) is 9.62. The number of carboxylic acid groups (broad SMARTS) is 1. The van der Waals surface area contributed by atoms with E-state index in [1.807, 2.05) is 64.1 Å². The highest BCUT2D eigenvalue weighted by Crippen LogP contribution is 2.44. The highest BCUT2D eigenvalue weighted by molar-refractivity contribution is 6.22. The summed E-state index contributed by atoms with van der Waals surface area (Å²) in [6.45, 7) is 13.1. The zero-order chi connectivity index (χ0) is 40.5. The maximum atomic E-state index is 13.8. The summed E-state index contributed by atoms with van der Waals surface area (Å²) < 4.78 is 11.0. The molecule has 1 fully saturated rings. The monoisotopic (exact) mass is 759 g/mol. The van der Waals surface area contributed by atoms with Crippen molar-refractivity contribution < 1.29 is 43.3 Å². The first-order chi connectivity index (χ1) is 25.8. The second kappa shape index (κ2) is 18.6. The van der Waals surface area contributed by atoms with Gasteiger partial charge in [0.2, 0.25) is 5.91 Å². The van der Waals surface area contributed by atoms with Crippen LogP contribution in [0.25, 0.3) is 11.1 Å². The highest BCUT2D eigenvalue weighted by atomic mass is 16.6. The number of rotatable bonds is 17. The second-order valence-electron chi connectivity index (χ2n) is 16.8. The second-order valence-corrected chi connectivity index (χ2v) is 16.8. The van der Waals surface area contributed by atoms with Crippen LogP contribution >= 0.6 is 0 Å². The summed E-state index contributed by atoms with van der Waals surface area (Å²) in [5, 5.41) is 18.5. The van der Waals surface area contributed by atoms with E-state index in [1.54, 1.807) is 20.8 Å². The number of alkyl carbamates (subject to hydrolysis) is 1. The lowest BCUT2D eigenvalue weighted by molar-refractivity contribution is -0.155. The van der Waals surface area contributed by atoms with E-state index in [1.165, 1.54) is 0 Å². The molecule has 2 atom stereocenters. The van der Waals surface area contributed by atoms with Crippen LogP contribution in [0.5, 0.6) is 0 Å². The molecule has 55 heavy (non-hydrogen) atoms. The Morgan fingerprint density at radius 1 is 0.855 bits per heavy atom. The Balaban J connectivity index is 1.42. The van der Waals surface area contributed by atoms with Crippen LogP contribution in [-0.2, 0) is 33.4 Å². The quantitative estimate of drug-likeness (QED) is 0.0595. The molecule has 0 unspecified atom stereocenters. The van der Waals surface area contributed by atoms with E-state index >= 15 is 0 Å². The van der Waals surface area contributed by atoms with Gasteiger partial charge < -0.3 is 30.5 Å². The third-order valence-electron chi connectivity index (χ3n) is 9.62. The van der Waals surface area contributed by atoms with Crippen LogP contribution in [0, 0.1) is 11.3 Å². The first-order valence-electron chi connectivity index (χ1n) is 19.2. The van der Waals surface area contributed by atoms with Gasteiger partial charge >= 0.3 is 18.0 Å². The number of amides is 2. The Kier molecular flexibility index (Phi) is 14.4. The largest absolute Gasteiger partial charge is 0.480 e. The number of carbonyl (C=O) groups is 6. The molecule has 0 radical (unpaired) electrons. The Labute approximate surface area is 324 Å². The zero-order valence-electron chi connectivity index (χ0n) is 33.2. The SMILES string of the molecule is CC(C)CC(N[C@@H](CCCCNC(=O)OCC1c2ccccc2-c2ccccc21)C(=O)N[C@@H](CCC(=O)OC(C)(C)C)C(=O)O)=C1C(=O)CC(C)(C)CC1=O. The lowest BCUT2D eigenvalue weighted by Gasteiger charge is -2.31. The van der Waals surface area contributed by atoms with Gasteiger partial charge in [-0.25, -0.2) is 9.59 Å². The van der Waals surface area contributed by atoms with E-state index in [4.69, 9.17) is 9.47 Å². The zero-order valence-corrected chi connectivity index (χ0v) is 33.2. The van der Waals surface area contributed by atoms with E-state index in [0.29, 0.717) is 25.0 Å². The number of ether oxygens (including phenoxy) is 2. The number of benzene rings is 2. The number of allylic oxidation sites excluding steroid dienone is 2. The summed E-state index contributed by atoms with van der Waals surface area (Å²) in [7, 11) is 0. The molecule has 2 aromatic carbocycles. The third kappa shape index (κ3) is 12.2. The molecule has 2 amide bonds. The summed E-state index contributed by atoms with van der Waals surface area (Å²) in [5.41, 5.74) is 3.65. The number of hydrogen-bond donors (Lipinski definition) is 4. The molecule has 2 aromatic rings. The number of hydrogen-bond acceptors (Lipinski definition) is 9. The summed E-state index contributed by atoms with van der Waals surface area (Å²) in [6, 6.07) is 13.7. The van der Waals surface area contributed by atoms with E-state index in [9.17, 15) is 33.9 Å². The molecule has 0 bridgehead atoms. The fourth-order valence-corrected chi connectivity index (χ4v) is 7.22. The van der Waals surface area contributed by atoms with Crippen LogP contribution in [-0.4, -0.2) is 71.4 Å². The van der Waals surface area contributed by atoms with Crippen molar-refractivity contribution in [1.82, 2.24) is 16.0 Å². The average molecular weight is 760 g/mol. The number of ketones is 2. The van der Waals surface area contributed by atoms with Crippen molar-refractivity contribution in [2.45, 2.75) is 123 Å². The number of carboxylic acids is 1. The van der Waals surface area contributed by atoms with Gasteiger partial charge in [0.1, 0.15) is 24.3 Å². The summed E-state index contributed by atoms with van der Waals surface area (Å²) >= 11 is 0. The molecule has 4 N–H and O–H groups in total. The van der Waals surface area contributed by atoms with Crippen molar-refractivity contribution in [1.29, 1.82) is 0 Å². The lowest BCUT2D eigenvalue weighted by Crippen LogP contribution is -2.51. The number of aliphatic carboxylic acids is 1. The van der Waals surface area contributed by atoms with Gasteiger partial charge in [0.15, 0.2) is 11.6 Å². The molecule has 0 spiro atoms. The molecule has 0 aliphatic heterocycles. The number of fused-ring (bicyclic) bond motifs is 3. The van der Waals surface area contributed by atoms with Crippen LogP contribution in [0.1, 0.15) is 117 Å². The molecular weight excluding hydrogens is 702 g/mol. The van der Waals surface area contributed by atoms with Crippen LogP contribution in [0.4, 0.5) is 4.79 Å². The molecule has 12 heteroatoms. The molecule has 298 valence electrons. The van der Waals surface area contributed by atoms with Crippen molar-refractivity contribution in [3.8, 4) is 11.1 Å². The first kappa shape index (κ1) is 42.7. The van der Waals surface area contributed by atoms with Gasteiger partial charge in [0, 0.05) is 37.4 Å². The molecule has 4 rings (SSSR count). The van der Waals surface area contributed by atoms with Crippen LogP contribution in [0.15, 0.2) is 59.8 Å². The fraction of sp³-hybridized carbons (Fsp3) is 0.535. The topological polar surface area (TPSA) is 177 Å². The van der Waals surface area contributed by atoms with Gasteiger partial charge in [0.05, 0.1) is 5.57 Å². The smallest absolute Gasteiger partial charge is 0.407 e. The molecule has 1 saturated carbocycles. The highest BCUT2D eigenvalue weighted by Gasteiger charge is 2.38. The summed E-state index contributed by atoms with van der Waals surface area (Å²) in [6.07, 6.45) is 0.769. The molecule has 2 aliphatic rings. The predicted octanol–water partition coefficient (Wildman–Crippen LogP) is 6.60.